The minimum atomic E-state index is -0.419. The van der Waals surface area contributed by atoms with Crippen LogP contribution in [0.4, 0.5) is 4.79 Å². The summed E-state index contributed by atoms with van der Waals surface area (Å²) in [6.45, 7) is 8.63. The van der Waals surface area contributed by atoms with Crippen molar-refractivity contribution >= 4 is 35.2 Å². The van der Waals surface area contributed by atoms with Gasteiger partial charge in [0.05, 0.1) is 24.3 Å². The Hall–Kier alpha value is -1.70. The number of likely N-dealkylation sites (tertiary alicyclic amines) is 1. The number of amides is 2. The van der Waals surface area contributed by atoms with Gasteiger partial charge in [-0.25, -0.2) is 4.79 Å². The maximum atomic E-state index is 12.5. The normalized spacial score (nSPS) is 20.0. The highest BCUT2D eigenvalue weighted by Gasteiger charge is 2.34. The number of rotatable bonds is 5. The van der Waals surface area contributed by atoms with E-state index in [1.807, 2.05) is 0 Å². The van der Waals surface area contributed by atoms with Crippen LogP contribution in [0.1, 0.15) is 29.4 Å². The first-order valence-corrected chi connectivity index (χ1v) is 9.03. The van der Waals surface area contributed by atoms with Gasteiger partial charge >= 0.3 is 6.09 Å². The highest BCUT2D eigenvalue weighted by Crippen LogP contribution is 2.29. The number of nitrogens with one attached hydrogen (secondary N) is 2. The Bertz CT molecular complexity index is 704. The predicted molar refractivity (Wildman–Crippen MR) is 99.7 cm³/mol. The molecule has 0 saturated carbocycles. The summed E-state index contributed by atoms with van der Waals surface area (Å²) < 4.78 is 10.5. The topological polar surface area (TPSA) is 83.7 Å². The number of hydrogen-bond acceptors (Lipinski definition) is 4. The van der Waals surface area contributed by atoms with Gasteiger partial charge in [0.15, 0.2) is 0 Å². The number of halogens is 2. The van der Waals surface area contributed by atoms with Gasteiger partial charge in [-0.2, -0.15) is 0 Å². The van der Waals surface area contributed by atoms with Gasteiger partial charge in [-0.1, -0.05) is 29.8 Å². The van der Waals surface area contributed by atoms with E-state index >= 15 is 0 Å². The fourth-order valence-corrected chi connectivity index (χ4v) is 3.40. The molecule has 144 valence electrons. The van der Waals surface area contributed by atoms with Crippen LogP contribution >= 0.6 is 23.2 Å². The quantitative estimate of drug-likeness (QED) is 0.788. The molecule has 9 heteroatoms. The van der Waals surface area contributed by atoms with E-state index in [1.54, 1.807) is 25.9 Å². The van der Waals surface area contributed by atoms with Crippen molar-refractivity contribution in [1.82, 2.24) is 15.2 Å². The molecule has 1 saturated heterocycles. The summed E-state index contributed by atoms with van der Waals surface area (Å²) >= 11 is 12.1. The Labute approximate surface area is 162 Å². The molecule has 1 aliphatic heterocycles. The van der Waals surface area contributed by atoms with E-state index < -0.39 is 5.91 Å². The minimum Gasteiger partial charge on any atom is -0.450 e. The number of aromatic nitrogens is 1. The number of hydrogen-bond donors (Lipinski definition) is 2. The number of aromatic amines is 1. The fourth-order valence-electron chi connectivity index (χ4n) is 2.93. The first kappa shape index (κ1) is 20.6. The highest BCUT2D eigenvalue weighted by molar-refractivity contribution is 6.38. The van der Waals surface area contributed by atoms with Crippen LogP contribution in [0.25, 0.3) is 0 Å². The van der Waals surface area contributed by atoms with Crippen molar-refractivity contribution in [2.75, 3.05) is 26.8 Å². The third kappa shape index (κ3) is 4.34. The van der Waals surface area contributed by atoms with Crippen LogP contribution in [0, 0.1) is 12.8 Å². The SMILES string of the molecule is C=C(NC(=O)c1[nH]c(Cl)c(C)c1Cl)C1CCN(C(=O)OCC)CC1OC. The van der Waals surface area contributed by atoms with Gasteiger partial charge in [0.1, 0.15) is 10.8 Å². The second-order valence-corrected chi connectivity index (χ2v) is 6.80. The molecule has 0 aromatic carbocycles. The monoisotopic (exact) mass is 403 g/mol. The van der Waals surface area contributed by atoms with E-state index in [1.165, 1.54) is 0 Å². The van der Waals surface area contributed by atoms with E-state index in [-0.39, 0.29) is 28.8 Å². The number of carbonyl (C=O) groups excluding carboxylic acids is 2. The molecule has 1 aromatic rings. The zero-order valence-corrected chi connectivity index (χ0v) is 16.5. The molecule has 0 bridgehead atoms. The summed E-state index contributed by atoms with van der Waals surface area (Å²) in [7, 11) is 1.56. The van der Waals surface area contributed by atoms with Crippen LogP contribution in [0.3, 0.4) is 0 Å². The molecule has 2 atom stereocenters. The average molecular weight is 404 g/mol. The molecular formula is C17H23Cl2N3O4. The van der Waals surface area contributed by atoms with Crippen molar-refractivity contribution in [1.29, 1.82) is 0 Å². The predicted octanol–water partition coefficient (Wildman–Crippen LogP) is 3.37. The Morgan fingerprint density at radius 3 is 2.65 bits per heavy atom. The molecule has 1 aliphatic rings. The largest absolute Gasteiger partial charge is 0.450 e. The molecule has 26 heavy (non-hydrogen) atoms. The summed E-state index contributed by atoms with van der Waals surface area (Å²) in [5, 5.41) is 3.36. The van der Waals surface area contributed by atoms with Crippen molar-refractivity contribution < 1.29 is 19.1 Å². The lowest BCUT2D eigenvalue weighted by atomic mass is 9.91. The fraction of sp³-hybridized carbons (Fsp3) is 0.529. The maximum Gasteiger partial charge on any atom is 0.409 e. The molecule has 1 aromatic heterocycles. The second-order valence-electron chi connectivity index (χ2n) is 6.05. The number of methoxy groups -OCH3 is 1. The van der Waals surface area contributed by atoms with Crippen LogP contribution in [-0.4, -0.2) is 54.8 Å². The zero-order chi connectivity index (χ0) is 19.4. The lowest BCUT2D eigenvalue weighted by Gasteiger charge is -2.37. The van der Waals surface area contributed by atoms with E-state index in [0.717, 1.165) is 0 Å². The summed E-state index contributed by atoms with van der Waals surface area (Å²) in [4.78, 5) is 28.7. The Kier molecular flexibility index (Phi) is 6.97. The van der Waals surface area contributed by atoms with Gasteiger partial charge in [0, 0.05) is 30.8 Å². The summed E-state index contributed by atoms with van der Waals surface area (Å²) in [6.07, 6.45) is -0.0781. The van der Waals surface area contributed by atoms with Crippen LogP contribution in [0.15, 0.2) is 12.3 Å². The van der Waals surface area contributed by atoms with E-state index in [4.69, 9.17) is 32.7 Å². The van der Waals surface area contributed by atoms with Crippen LogP contribution in [0.5, 0.6) is 0 Å². The van der Waals surface area contributed by atoms with Crippen molar-refractivity contribution in [3.63, 3.8) is 0 Å². The lowest BCUT2D eigenvalue weighted by molar-refractivity contribution is -0.00202. The number of H-pyrrole nitrogens is 1. The first-order valence-electron chi connectivity index (χ1n) is 8.28. The standard InChI is InChI=1S/C17H23Cl2N3O4/c1-5-26-17(24)22-7-6-11(12(8-22)25-4)10(3)20-16(23)14-13(18)9(2)15(19)21-14/h11-12,21H,3,5-8H2,1-2,4H3,(H,20,23). The van der Waals surface area contributed by atoms with Gasteiger partial charge < -0.3 is 24.7 Å². The third-order valence-corrected chi connectivity index (χ3v) is 5.30. The maximum absolute atomic E-state index is 12.5. The third-order valence-electron chi connectivity index (χ3n) is 4.45. The molecule has 0 aliphatic carbocycles. The van der Waals surface area contributed by atoms with Crippen molar-refractivity contribution in [2.45, 2.75) is 26.4 Å². The van der Waals surface area contributed by atoms with Crippen LogP contribution in [-0.2, 0) is 9.47 Å². The molecular weight excluding hydrogens is 381 g/mol. The summed E-state index contributed by atoms with van der Waals surface area (Å²) in [6, 6.07) is 0. The van der Waals surface area contributed by atoms with Crippen LogP contribution < -0.4 is 5.32 Å². The molecule has 2 N–H and O–H groups in total. The molecule has 0 spiro atoms. The van der Waals surface area contributed by atoms with Gasteiger partial charge in [-0.15, -0.1) is 0 Å². The summed E-state index contributed by atoms with van der Waals surface area (Å²) in [5.74, 6) is -0.558. The molecule has 1 fully saturated rings. The smallest absolute Gasteiger partial charge is 0.409 e. The number of carbonyl (C=O) groups is 2. The first-order chi connectivity index (χ1) is 12.3. The van der Waals surface area contributed by atoms with Crippen molar-refractivity contribution in [3.8, 4) is 0 Å². The van der Waals surface area contributed by atoms with Gasteiger partial charge in [-0.3, -0.25) is 4.79 Å². The molecule has 2 amide bonds. The van der Waals surface area contributed by atoms with Gasteiger partial charge in [0.25, 0.3) is 5.91 Å². The lowest BCUT2D eigenvalue weighted by Crippen LogP contribution is -2.49. The molecule has 7 nitrogen and oxygen atoms in total. The molecule has 2 unspecified atom stereocenters. The molecule has 2 rings (SSSR count). The summed E-state index contributed by atoms with van der Waals surface area (Å²) in [5.41, 5.74) is 1.31. The molecule has 2 heterocycles. The average Bonchev–Trinajstić information content (AvgIpc) is 2.88. The molecule has 0 radical (unpaired) electrons. The number of piperidine rings is 1. The number of ether oxygens (including phenoxy) is 2. The Morgan fingerprint density at radius 1 is 1.42 bits per heavy atom. The van der Waals surface area contributed by atoms with E-state index in [2.05, 4.69) is 16.9 Å². The van der Waals surface area contributed by atoms with Gasteiger partial charge in [-0.05, 0) is 20.3 Å². The Balaban J connectivity index is 2.03. The second kappa shape index (κ2) is 8.79. The van der Waals surface area contributed by atoms with E-state index in [0.29, 0.717) is 42.5 Å². The highest BCUT2D eigenvalue weighted by atomic mass is 35.5. The van der Waals surface area contributed by atoms with Crippen molar-refractivity contribution in [2.24, 2.45) is 5.92 Å². The van der Waals surface area contributed by atoms with Crippen LogP contribution in [0.2, 0.25) is 10.2 Å². The van der Waals surface area contributed by atoms with Crippen molar-refractivity contribution in [3.05, 3.63) is 33.7 Å². The van der Waals surface area contributed by atoms with E-state index in [9.17, 15) is 9.59 Å². The van der Waals surface area contributed by atoms with Gasteiger partial charge in [0.2, 0.25) is 0 Å². The minimum absolute atomic E-state index is 0.139. The Morgan fingerprint density at radius 2 is 2.12 bits per heavy atom. The zero-order valence-electron chi connectivity index (χ0n) is 15.0. The number of nitrogens with zero attached hydrogens (tertiary/aromatic N) is 1.